The molecule has 0 heterocycles. The third-order valence-corrected chi connectivity index (χ3v) is 2.69. The normalized spacial score (nSPS) is 12.2. The molecule has 0 saturated heterocycles. The predicted molar refractivity (Wildman–Crippen MR) is 99.8 cm³/mol. The van der Waals surface area contributed by atoms with Crippen molar-refractivity contribution in [1.82, 2.24) is 11.0 Å². The smallest absolute Gasteiger partial charge is 0.408 e. The zero-order valence-corrected chi connectivity index (χ0v) is 17.6. The standard InChI is InChI=1S/C18H30N2O9/c1-17(2,3)27-15(22)13(19-16(23)28-18(4,5)6)9-10-14(21)25-11-7-8-12-26-20-29-24/h13,20,24H,9-12H2,1-6H3,(H,19,23)/t13-/m0/s1. The maximum atomic E-state index is 12.3. The first kappa shape index (κ1) is 26.6. The Morgan fingerprint density at radius 3 is 2.10 bits per heavy atom. The van der Waals surface area contributed by atoms with Gasteiger partial charge in [0.1, 0.15) is 23.9 Å². The summed E-state index contributed by atoms with van der Waals surface area (Å²) in [7, 11) is 0. The lowest BCUT2D eigenvalue weighted by Gasteiger charge is -2.26. The SMILES string of the molecule is CC(C)(C)OC(=O)N[C@@H](CCC(=O)OCC#CCONOO)C(=O)OC(C)(C)C. The molecule has 166 valence electrons. The van der Waals surface area contributed by atoms with Crippen LogP contribution in [0.2, 0.25) is 0 Å². The molecule has 0 aromatic rings. The van der Waals surface area contributed by atoms with Crippen molar-refractivity contribution in [2.75, 3.05) is 13.2 Å². The molecule has 0 bridgehead atoms. The highest BCUT2D eigenvalue weighted by Crippen LogP contribution is 2.13. The number of hydrogen-bond donors (Lipinski definition) is 3. The van der Waals surface area contributed by atoms with Gasteiger partial charge in [0.05, 0.1) is 0 Å². The molecule has 0 aliphatic heterocycles. The molecule has 0 rings (SSSR count). The summed E-state index contributed by atoms with van der Waals surface area (Å²) in [5, 5.41) is 10.4. The number of amides is 1. The molecule has 0 aliphatic carbocycles. The van der Waals surface area contributed by atoms with Crippen LogP contribution in [0.5, 0.6) is 0 Å². The van der Waals surface area contributed by atoms with Crippen LogP contribution in [-0.4, -0.2) is 53.7 Å². The molecular formula is C18H30N2O9. The fourth-order valence-electron chi connectivity index (χ4n) is 1.72. The number of nitrogens with one attached hydrogen (secondary N) is 2. The summed E-state index contributed by atoms with van der Waals surface area (Å²) in [6, 6.07) is -1.08. The lowest BCUT2D eigenvalue weighted by molar-refractivity contribution is -0.366. The molecule has 11 nitrogen and oxygen atoms in total. The van der Waals surface area contributed by atoms with E-state index in [1.165, 1.54) is 0 Å². The number of esters is 2. The van der Waals surface area contributed by atoms with E-state index in [1.54, 1.807) is 47.2 Å². The molecule has 0 aliphatic rings. The van der Waals surface area contributed by atoms with E-state index in [9.17, 15) is 14.4 Å². The van der Waals surface area contributed by atoms with Crippen LogP contribution in [0.4, 0.5) is 4.79 Å². The Bertz CT molecular complexity index is 597. The average molecular weight is 418 g/mol. The second kappa shape index (κ2) is 12.9. The van der Waals surface area contributed by atoms with Gasteiger partial charge in [0, 0.05) is 6.42 Å². The Balaban J connectivity index is 4.64. The molecular weight excluding hydrogens is 388 g/mol. The van der Waals surface area contributed by atoms with Crippen molar-refractivity contribution < 1.29 is 43.7 Å². The highest BCUT2D eigenvalue weighted by Gasteiger charge is 2.29. The van der Waals surface area contributed by atoms with Crippen LogP contribution in [-0.2, 0) is 33.6 Å². The van der Waals surface area contributed by atoms with Crippen molar-refractivity contribution in [1.29, 1.82) is 0 Å². The maximum absolute atomic E-state index is 12.3. The van der Waals surface area contributed by atoms with Gasteiger partial charge < -0.3 is 19.5 Å². The summed E-state index contributed by atoms with van der Waals surface area (Å²) in [6.07, 6.45) is -0.993. The fraction of sp³-hybridized carbons (Fsp3) is 0.722. The number of hydrogen-bond acceptors (Lipinski definition) is 10. The van der Waals surface area contributed by atoms with Crippen LogP contribution in [0.25, 0.3) is 0 Å². The largest absolute Gasteiger partial charge is 0.458 e. The molecule has 1 atom stereocenters. The summed E-state index contributed by atoms with van der Waals surface area (Å²) in [6.45, 7) is 9.82. The second-order valence-electron chi connectivity index (χ2n) is 7.75. The van der Waals surface area contributed by atoms with Crippen LogP contribution in [0.3, 0.4) is 0 Å². The number of carbonyl (C=O) groups excluding carboxylic acids is 3. The van der Waals surface area contributed by atoms with Crippen LogP contribution in [0.1, 0.15) is 54.4 Å². The van der Waals surface area contributed by atoms with E-state index in [-0.39, 0.29) is 26.1 Å². The third-order valence-electron chi connectivity index (χ3n) is 2.69. The van der Waals surface area contributed by atoms with Crippen molar-refractivity contribution in [3.8, 4) is 11.8 Å². The van der Waals surface area contributed by atoms with Gasteiger partial charge in [0.15, 0.2) is 6.61 Å². The van der Waals surface area contributed by atoms with Gasteiger partial charge in [-0.25, -0.2) is 14.8 Å². The Morgan fingerprint density at radius 1 is 0.966 bits per heavy atom. The van der Waals surface area contributed by atoms with Crippen LogP contribution in [0.15, 0.2) is 0 Å². The molecule has 0 fully saturated rings. The van der Waals surface area contributed by atoms with Gasteiger partial charge in [-0.3, -0.25) is 9.63 Å². The lowest BCUT2D eigenvalue weighted by atomic mass is 10.1. The minimum absolute atomic E-state index is 0.0404. The summed E-state index contributed by atoms with van der Waals surface area (Å²) < 4.78 is 15.3. The Morgan fingerprint density at radius 2 is 1.55 bits per heavy atom. The minimum Gasteiger partial charge on any atom is -0.458 e. The van der Waals surface area contributed by atoms with E-state index in [2.05, 4.69) is 27.0 Å². The zero-order chi connectivity index (χ0) is 22.5. The molecule has 11 heteroatoms. The van der Waals surface area contributed by atoms with Crippen LogP contribution < -0.4 is 11.0 Å². The first-order chi connectivity index (χ1) is 13.3. The quantitative estimate of drug-likeness (QED) is 0.126. The van der Waals surface area contributed by atoms with Crippen LogP contribution in [0, 0.1) is 11.8 Å². The third kappa shape index (κ3) is 16.3. The van der Waals surface area contributed by atoms with Gasteiger partial charge in [-0.05, 0) is 53.6 Å². The van der Waals surface area contributed by atoms with E-state index < -0.39 is 35.3 Å². The van der Waals surface area contributed by atoms with E-state index in [4.69, 9.17) is 19.5 Å². The van der Waals surface area contributed by atoms with E-state index in [1.807, 2.05) is 0 Å². The van der Waals surface area contributed by atoms with Crippen molar-refractivity contribution in [3.05, 3.63) is 0 Å². The number of ether oxygens (including phenoxy) is 3. The Labute approximate surface area is 170 Å². The molecule has 0 aromatic heterocycles. The Kier molecular flexibility index (Phi) is 11.9. The van der Waals surface area contributed by atoms with Gasteiger partial charge in [-0.2, -0.15) is 0 Å². The fourth-order valence-corrected chi connectivity index (χ4v) is 1.72. The number of carbonyl (C=O) groups is 3. The van der Waals surface area contributed by atoms with Crippen molar-refractivity contribution in [2.45, 2.75) is 71.6 Å². The lowest BCUT2D eigenvalue weighted by Crippen LogP contribution is -2.46. The monoisotopic (exact) mass is 418 g/mol. The zero-order valence-electron chi connectivity index (χ0n) is 17.6. The molecule has 3 N–H and O–H groups in total. The molecule has 0 aromatic carbocycles. The maximum Gasteiger partial charge on any atom is 0.408 e. The van der Waals surface area contributed by atoms with E-state index >= 15 is 0 Å². The van der Waals surface area contributed by atoms with Crippen molar-refractivity contribution in [3.63, 3.8) is 0 Å². The molecule has 29 heavy (non-hydrogen) atoms. The topological polar surface area (TPSA) is 142 Å². The first-order valence-electron chi connectivity index (χ1n) is 8.85. The highest BCUT2D eigenvalue weighted by atomic mass is 17.2. The minimum atomic E-state index is -1.08. The average Bonchev–Trinajstić information content (AvgIpc) is 2.54. The van der Waals surface area contributed by atoms with Crippen molar-refractivity contribution >= 4 is 18.0 Å². The van der Waals surface area contributed by atoms with Gasteiger partial charge in [-0.1, -0.05) is 11.8 Å². The number of rotatable bonds is 9. The summed E-state index contributed by atoms with van der Waals surface area (Å²) in [4.78, 5) is 44.1. The van der Waals surface area contributed by atoms with E-state index in [0.29, 0.717) is 0 Å². The summed E-state index contributed by atoms with van der Waals surface area (Å²) in [5.41, 5.74) is 0.181. The Hall–Kier alpha value is -2.39. The first-order valence-corrected chi connectivity index (χ1v) is 8.85. The molecule has 0 radical (unpaired) electrons. The van der Waals surface area contributed by atoms with Gasteiger partial charge in [-0.15, -0.1) is 4.99 Å². The molecule has 0 saturated carbocycles. The van der Waals surface area contributed by atoms with Crippen LogP contribution >= 0.6 is 0 Å². The summed E-state index contributed by atoms with van der Waals surface area (Å²) in [5.74, 6) is 3.68. The molecule has 1 amide bonds. The van der Waals surface area contributed by atoms with Crippen molar-refractivity contribution in [2.24, 2.45) is 0 Å². The summed E-state index contributed by atoms with van der Waals surface area (Å²) >= 11 is 0. The number of alkyl carbamates (subject to hydrolysis) is 1. The van der Waals surface area contributed by atoms with Gasteiger partial charge in [0.2, 0.25) is 0 Å². The van der Waals surface area contributed by atoms with Gasteiger partial charge >= 0.3 is 18.0 Å². The highest BCUT2D eigenvalue weighted by molar-refractivity contribution is 5.82. The van der Waals surface area contributed by atoms with Gasteiger partial charge in [0.25, 0.3) is 0 Å². The van der Waals surface area contributed by atoms with E-state index in [0.717, 1.165) is 0 Å². The predicted octanol–water partition coefficient (Wildman–Crippen LogP) is 1.47. The molecule has 0 spiro atoms. The molecule has 0 unspecified atom stereocenters. The second-order valence-corrected chi connectivity index (χ2v) is 7.75.